The molecule has 19 heavy (non-hydrogen) atoms. The molecule has 0 bridgehead atoms. The summed E-state index contributed by atoms with van der Waals surface area (Å²) in [4.78, 5) is 26.0. The molecule has 102 valence electrons. The number of hydrogen-bond acceptors (Lipinski definition) is 2. The van der Waals surface area contributed by atoms with Crippen molar-refractivity contribution in [3.63, 3.8) is 0 Å². The molecule has 1 aliphatic heterocycles. The molecule has 1 heterocycles. The Balaban J connectivity index is 0.00000147. The van der Waals surface area contributed by atoms with Gasteiger partial charge in [-0.15, -0.1) is 0 Å². The van der Waals surface area contributed by atoms with E-state index in [2.05, 4.69) is 6.92 Å². The molecule has 2 amide bonds. The van der Waals surface area contributed by atoms with Crippen LogP contribution in [0.4, 0.5) is 0 Å². The Morgan fingerprint density at radius 2 is 1.58 bits per heavy atom. The molecule has 0 radical (unpaired) electrons. The van der Waals surface area contributed by atoms with Gasteiger partial charge in [0.2, 0.25) is 0 Å². The van der Waals surface area contributed by atoms with Crippen LogP contribution < -0.4 is 0 Å². The Labute approximate surface area is 115 Å². The van der Waals surface area contributed by atoms with Crippen LogP contribution in [0, 0.1) is 11.8 Å². The van der Waals surface area contributed by atoms with E-state index in [0.717, 1.165) is 18.8 Å². The van der Waals surface area contributed by atoms with Gasteiger partial charge in [-0.3, -0.25) is 14.5 Å². The van der Waals surface area contributed by atoms with Crippen molar-refractivity contribution >= 4 is 11.8 Å². The molecule has 3 nitrogen and oxygen atoms in total. The summed E-state index contributed by atoms with van der Waals surface area (Å²) in [5.41, 5.74) is 1.13. The predicted molar refractivity (Wildman–Crippen MR) is 75.0 cm³/mol. The third kappa shape index (κ3) is 2.18. The fourth-order valence-corrected chi connectivity index (χ4v) is 3.17. The summed E-state index contributed by atoms with van der Waals surface area (Å²) < 4.78 is 0. The summed E-state index contributed by atoms with van der Waals surface area (Å²) in [5, 5.41) is 0. The highest BCUT2D eigenvalue weighted by molar-refractivity contribution is 6.21. The molecular formula is C16H21NO2. The van der Waals surface area contributed by atoms with Crippen LogP contribution >= 0.6 is 0 Å². The summed E-state index contributed by atoms with van der Waals surface area (Å²) in [5.74, 6) is 1.05. The van der Waals surface area contributed by atoms with Crippen LogP contribution in [-0.4, -0.2) is 23.3 Å². The minimum Gasteiger partial charge on any atom is -0.274 e. The lowest BCUT2D eigenvalue weighted by Gasteiger charge is -2.28. The average molecular weight is 259 g/mol. The second-order valence-electron chi connectivity index (χ2n) is 5.89. The van der Waals surface area contributed by atoms with Gasteiger partial charge < -0.3 is 0 Å². The molecule has 3 rings (SSSR count). The van der Waals surface area contributed by atoms with E-state index in [4.69, 9.17) is 0 Å². The van der Waals surface area contributed by atoms with Gasteiger partial charge in [0.05, 0.1) is 11.1 Å². The predicted octanol–water partition coefficient (Wildman–Crippen LogP) is 3.35. The van der Waals surface area contributed by atoms with Gasteiger partial charge in [0.1, 0.15) is 0 Å². The molecule has 1 fully saturated rings. The normalized spacial score (nSPS) is 26.7. The van der Waals surface area contributed by atoms with E-state index in [1.807, 2.05) is 12.1 Å². The first-order chi connectivity index (χ1) is 9.16. The Bertz CT molecular complexity index is 486. The standard InChI is InChI=1S/C16H19NO2.H2/c1-11-6-8-12(9-7-11)10-17-15(18)13-4-2-3-5-14(13)16(17)19;/h2-5,11-12H,6-10H2,1H3;1H. The fourth-order valence-electron chi connectivity index (χ4n) is 3.17. The Morgan fingerprint density at radius 3 is 2.11 bits per heavy atom. The first kappa shape index (κ1) is 12.4. The average Bonchev–Trinajstić information content (AvgIpc) is 2.67. The minimum absolute atomic E-state index is 0. The van der Waals surface area contributed by atoms with Gasteiger partial charge in [0, 0.05) is 7.97 Å². The van der Waals surface area contributed by atoms with E-state index in [-0.39, 0.29) is 13.2 Å². The Morgan fingerprint density at radius 1 is 1.05 bits per heavy atom. The highest BCUT2D eigenvalue weighted by atomic mass is 16.2. The van der Waals surface area contributed by atoms with E-state index < -0.39 is 0 Å². The molecule has 0 aromatic heterocycles. The fraction of sp³-hybridized carbons (Fsp3) is 0.500. The van der Waals surface area contributed by atoms with E-state index in [1.54, 1.807) is 12.1 Å². The molecule has 2 aliphatic rings. The number of carbonyl (C=O) groups excluding carboxylic acids is 2. The van der Waals surface area contributed by atoms with E-state index in [0.29, 0.717) is 23.6 Å². The monoisotopic (exact) mass is 259 g/mol. The largest absolute Gasteiger partial charge is 0.274 e. The van der Waals surface area contributed by atoms with Gasteiger partial charge in [0.25, 0.3) is 11.8 Å². The van der Waals surface area contributed by atoms with Gasteiger partial charge >= 0.3 is 0 Å². The van der Waals surface area contributed by atoms with Crippen molar-refractivity contribution in [2.75, 3.05) is 6.54 Å². The Kier molecular flexibility index (Phi) is 3.13. The van der Waals surface area contributed by atoms with Crippen LogP contribution in [0.3, 0.4) is 0 Å². The van der Waals surface area contributed by atoms with Crippen molar-refractivity contribution in [2.45, 2.75) is 32.6 Å². The summed E-state index contributed by atoms with van der Waals surface area (Å²) in [6.45, 7) is 2.87. The van der Waals surface area contributed by atoms with Crippen LogP contribution in [0.25, 0.3) is 0 Å². The maximum Gasteiger partial charge on any atom is 0.261 e. The van der Waals surface area contributed by atoms with Crippen molar-refractivity contribution in [3.8, 4) is 0 Å². The van der Waals surface area contributed by atoms with Crippen molar-refractivity contribution in [3.05, 3.63) is 35.4 Å². The molecular weight excluding hydrogens is 238 g/mol. The molecule has 3 heteroatoms. The SMILES string of the molecule is CC1CCC(CN2C(=O)c3ccccc3C2=O)CC1.[HH]. The molecule has 1 saturated carbocycles. The molecule has 1 aromatic rings. The summed E-state index contributed by atoms with van der Waals surface area (Å²) in [6, 6.07) is 7.13. The smallest absolute Gasteiger partial charge is 0.261 e. The second kappa shape index (κ2) is 4.80. The van der Waals surface area contributed by atoms with Gasteiger partial charge in [0.15, 0.2) is 0 Å². The summed E-state index contributed by atoms with van der Waals surface area (Å²) >= 11 is 0. The molecule has 0 N–H and O–H groups in total. The highest BCUT2D eigenvalue weighted by Gasteiger charge is 2.36. The molecule has 1 aliphatic carbocycles. The molecule has 1 aromatic carbocycles. The van der Waals surface area contributed by atoms with Gasteiger partial charge in [-0.25, -0.2) is 0 Å². The van der Waals surface area contributed by atoms with Crippen LogP contribution in [0.5, 0.6) is 0 Å². The molecule has 0 spiro atoms. The van der Waals surface area contributed by atoms with Crippen LogP contribution in [0.15, 0.2) is 24.3 Å². The first-order valence-corrected chi connectivity index (χ1v) is 7.12. The van der Waals surface area contributed by atoms with Gasteiger partial charge in [-0.05, 0) is 36.8 Å². The number of benzene rings is 1. The number of nitrogens with zero attached hydrogens (tertiary/aromatic N) is 1. The maximum absolute atomic E-state index is 12.3. The van der Waals surface area contributed by atoms with Crippen molar-refractivity contribution < 1.29 is 11.0 Å². The highest BCUT2D eigenvalue weighted by Crippen LogP contribution is 2.31. The third-order valence-corrected chi connectivity index (χ3v) is 4.45. The first-order valence-electron chi connectivity index (χ1n) is 7.12. The number of carbonyl (C=O) groups is 2. The zero-order valence-electron chi connectivity index (χ0n) is 11.3. The van der Waals surface area contributed by atoms with Crippen molar-refractivity contribution in [1.82, 2.24) is 4.90 Å². The number of imide groups is 1. The quantitative estimate of drug-likeness (QED) is 0.764. The number of hydrogen-bond donors (Lipinski definition) is 0. The lowest BCUT2D eigenvalue weighted by Crippen LogP contribution is -2.35. The van der Waals surface area contributed by atoms with Gasteiger partial charge in [-0.2, -0.15) is 0 Å². The number of amides is 2. The van der Waals surface area contributed by atoms with Crippen LogP contribution in [0.2, 0.25) is 0 Å². The Hall–Kier alpha value is -1.64. The maximum atomic E-state index is 12.3. The molecule has 0 saturated heterocycles. The third-order valence-electron chi connectivity index (χ3n) is 4.45. The lowest BCUT2D eigenvalue weighted by molar-refractivity contribution is 0.0611. The zero-order chi connectivity index (χ0) is 13.4. The molecule has 0 unspecified atom stereocenters. The molecule has 0 atom stereocenters. The minimum atomic E-state index is -0.112. The number of fused-ring (bicyclic) bond motifs is 1. The number of rotatable bonds is 2. The topological polar surface area (TPSA) is 37.4 Å². The van der Waals surface area contributed by atoms with Gasteiger partial charge in [-0.1, -0.05) is 31.9 Å². The zero-order valence-corrected chi connectivity index (χ0v) is 11.3. The summed E-state index contributed by atoms with van der Waals surface area (Å²) in [7, 11) is 0. The van der Waals surface area contributed by atoms with E-state index in [1.165, 1.54) is 17.7 Å². The van der Waals surface area contributed by atoms with Crippen molar-refractivity contribution in [1.29, 1.82) is 0 Å². The van der Waals surface area contributed by atoms with Crippen LogP contribution in [0.1, 0.15) is 54.7 Å². The second-order valence-corrected chi connectivity index (χ2v) is 5.89. The van der Waals surface area contributed by atoms with E-state index in [9.17, 15) is 9.59 Å². The summed E-state index contributed by atoms with van der Waals surface area (Å²) in [6.07, 6.45) is 4.70. The van der Waals surface area contributed by atoms with Crippen molar-refractivity contribution in [2.24, 2.45) is 11.8 Å². The van der Waals surface area contributed by atoms with Crippen LogP contribution in [-0.2, 0) is 0 Å². The lowest BCUT2D eigenvalue weighted by atomic mass is 9.83. The van der Waals surface area contributed by atoms with E-state index >= 15 is 0 Å².